The Morgan fingerprint density at radius 2 is 1.64 bits per heavy atom. The van der Waals surface area contributed by atoms with Gasteiger partial charge in [-0.1, -0.05) is 32.0 Å². The predicted octanol–water partition coefficient (Wildman–Crippen LogP) is 6.44. The van der Waals surface area contributed by atoms with Crippen molar-refractivity contribution in [1.29, 1.82) is 0 Å². The molecule has 42 heavy (non-hydrogen) atoms. The van der Waals surface area contributed by atoms with E-state index in [4.69, 9.17) is 4.74 Å². The van der Waals surface area contributed by atoms with Crippen molar-refractivity contribution < 1.29 is 22.7 Å². The van der Waals surface area contributed by atoms with Gasteiger partial charge in [0.1, 0.15) is 11.6 Å². The predicted molar refractivity (Wildman–Crippen MR) is 165 cm³/mol. The number of ether oxygens (including phenoxy) is 1. The fourth-order valence-electron chi connectivity index (χ4n) is 4.98. The minimum atomic E-state index is -3.83. The summed E-state index contributed by atoms with van der Waals surface area (Å²) >= 11 is 0. The zero-order valence-electron chi connectivity index (χ0n) is 25.1. The normalized spacial score (nSPS) is 12.8. The summed E-state index contributed by atoms with van der Waals surface area (Å²) in [6, 6.07) is 14.8. The molecular weight excluding hydrogens is 552 g/mol. The van der Waals surface area contributed by atoms with E-state index in [9.17, 15) is 18.0 Å². The molecule has 2 N–H and O–H groups in total. The smallest absolute Gasteiger partial charge is 0.408 e. The molecule has 2 heterocycles. The average Bonchev–Trinajstić information content (AvgIpc) is 3.33. The van der Waals surface area contributed by atoms with Crippen molar-refractivity contribution in [3.05, 3.63) is 78.1 Å². The first-order valence-electron chi connectivity index (χ1n) is 13.9. The fourth-order valence-corrected chi connectivity index (χ4v) is 6.30. The van der Waals surface area contributed by atoms with Crippen molar-refractivity contribution in [3.8, 4) is 11.1 Å². The molecule has 0 fully saturated rings. The molecular formula is C32H38N4O5S. The van der Waals surface area contributed by atoms with Crippen LogP contribution in [-0.2, 0) is 19.6 Å². The number of nitrogens with zero attached hydrogens (tertiary/aromatic N) is 2. The Kier molecular flexibility index (Phi) is 8.77. The number of nitrogens with one attached hydrogen (secondary N) is 2. The summed E-state index contributed by atoms with van der Waals surface area (Å²) in [6.45, 7) is 13.1. The number of carbonyl (C=O) groups excluding carboxylic acids is 2. The SMILES string of the molecule is Cc1cc(NC(=O)[C@@H](CC(C)C)NC(=O)OC(C)(C)C)cc(C)c1-c1ccnc2c1ccn2S(=O)(=O)c1ccccc1. The molecule has 1 atom stereocenters. The number of alkyl carbamates (subject to hydrolysis) is 1. The van der Waals surface area contributed by atoms with Crippen LogP contribution in [0.2, 0.25) is 0 Å². The summed E-state index contributed by atoms with van der Waals surface area (Å²) in [4.78, 5) is 30.3. The molecule has 9 nitrogen and oxygen atoms in total. The molecule has 4 aromatic rings. The van der Waals surface area contributed by atoms with Crippen LogP contribution in [0.25, 0.3) is 22.2 Å². The van der Waals surface area contributed by atoms with Gasteiger partial charge in [0.2, 0.25) is 5.91 Å². The summed E-state index contributed by atoms with van der Waals surface area (Å²) in [5.74, 6) is -0.177. The second-order valence-electron chi connectivity index (χ2n) is 11.8. The highest BCUT2D eigenvalue weighted by Gasteiger charge is 2.26. The summed E-state index contributed by atoms with van der Waals surface area (Å²) in [5, 5.41) is 6.35. The fraction of sp³-hybridized carbons (Fsp3) is 0.344. The minimum Gasteiger partial charge on any atom is -0.444 e. The highest BCUT2D eigenvalue weighted by molar-refractivity contribution is 7.90. The van der Waals surface area contributed by atoms with Crippen LogP contribution in [0.3, 0.4) is 0 Å². The van der Waals surface area contributed by atoms with Gasteiger partial charge in [0.05, 0.1) is 4.90 Å². The van der Waals surface area contributed by atoms with Crippen molar-refractivity contribution in [2.45, 2.75) is 71.4 Å². The molecule has 0 aliphatic rings. The lowest BCUT2D eigenvalue weighted by Gasteiger charge is -2.24. The maximum absolute atomic E-state index is 13.3. The number of amides is 2. The van der Waals surface area contributed by atoms with Crippen LogP contribution in [0.1, 0.15) is 52.2 Å². The third-order valence-corrected chi connectivity index (χ3v) is 8.32. The first kappa shape index (κ1) is 30.8. The van der Waals surface area contributed by atoms with Gasteiger partial charge in [-0.3, -0.25) is 4.79 Å². The molecule has 0 unspecified atom stereocenters. The van der Waals surface area contributed by atoms with Gasteiger partial charge < -0.3 is 15.4 Å². The Balaban J connectivity index is 1.64. The van der Waals surface area contributed by atoms with Crippen LogP contribution in [0.5, 0.6) is 0 Å². The van der Waals surface area contributed by atoms with Crippen molar-refractivity contribution in [2.75, 3.05) is 5.32 Å². The Morgan fingerprint density at radius 1 is 1.00 bits per heavy atom. The molecule has 0 saturated carbocycles. The van der Waals surface area contributed by atoms with E-state index in [1.54, 1.807) is 63.4 Å². The standard InChI is InChI=1S/C32H38N4O5S/c1-20(2)17-27(35-31(38)41-32(5,6)7)30(37)34-23-18-21(3)28(22(4)19-23)25-13-15-33-29-26(25)14-16-36(29)42(39,40)24-11-9-8-10-12-24/h8-16,18-20,27H,17H2,1-7H3,(H,34,37)(H,35,38)/t27-/m1/s1. The van der Waals surface area contributed by atoms with Crippen molar-refractivity contribution in [1.82, 2.24) is 14.3 Å². The van der Waals surface area contributed by atoms with Gasteiger partial charge in [0.15, 0.2) is 5.65 Å². The second kappa shape index (κ2) is 12.0. The quantitative estimate of drug-likeness (QED) is 0.244. The van der Waals surface area contributed by atoms with E-state index in [-0.39, 0.29) is 16.7 Å². The number of hydrogen-bond donors (Lipinski definition) is 2. The number of fused-ring (bicyclic) bond motifs is 1. The van der Waals surface area contributed by atoms with E-state index in [0.717, 1.165) is 22.3 Å². The summed E-state index contributed by atoms with van der Waals surface area (Å²) < 4.78 is 33.2. The number of anilines is 1. The van der Waals surface area contributed by atoms with E-state index in [1.165, 1.54) is 10.2 Å². The second-order valence-corrected chi connectivity index (χ2v) is 13.6. The molecule has 2 aromatic heterocycles. The molecule has 10 heteroatoms. The minimum absolute atomic E-state index is 0.161. The Hall–Kier alpha value is -4.18. The number of aryl methyl sites for hydroxylation is 2. The van der Waals surface area contributed by atoms with Gasteiger partial charge in [-0.05, 0) is 106 Å². The van der Waals surface area contributed by atoms with E-state index >= 15 is 0 Å². The van der Waals surface area contributed by atoms with Gasteiger partial charge in [0.25, 0.3) is 10.0 Å². The lowest BCUT2D eigenvalue weighted by Crippen LogP contribution is -2.46. The van der Waals surface area contributed by atoms with Crippen LogP contribution >= 0.6 is 0 Å². The number of hydrogen-bond acceptors (Lipinski definition) is 6. The van der Waals surface area contributed by atoms with E-state index < -0.39 is 27.8 Å². The topological polar surface area (TPSA) is 119 Å². The molecule has 2 amide bonds. The Labute approximate surface area is 247 Å². The Morgan fingerprint density at radius 3 is 2.24 bits per heavy atom. The van der Waals surface area contributed by atoms with Crippen LogP contribution in [0, 0.1) is 19.8 Å². The average molecular weight is 591 g/mol. The molecule has 0 aliphatic carbocycles. The van der Waals surface area contributed by atoms with Gasteiger partial charge in [-0.2, -0.15) is 0 Å². The van der Waals surface area contributed by atoms with Crippen LogP contribution in [0.4, 0.5) is 10.5 Å². The largest absolute Gasteiger partial charge is 0.444 e. The summed E-state index contributed by atoms with van der Waals surface area (Å²) in [6.07, 6.45) is 2.92. The number of benzene rings is 2. The van der Waals surface area contributed by atoms with Gasteiger partial charge in [0, 0.05) is 23.5 Å². The third-order valence-electron chi connectivity index (χ3n) is 6.64. The number of carbonyl (C=O) groups is 2. The van der Waals surface area contributed by atoms with E-state index in [1.807, 2.05) is 45.9 Å². The molecule has 0 radical (unpaired) electrons. The lowest BCUT2D eigenvalue weighted by molar-refractivity contribution is -0.118. The third kappa shape index (κ3) is 6.82. The van der Waals surface area contributed by atoms with Gasteiger partial charge >= 0.3 is 6.09 Å². The zero-order chi connectivity index (χ0) is 30.8. The first-order valence-corrected chi connectivity index (χ1v) is 15.3. The van der Waals surface area contributed by atoms with Crippen LogP contribution < -0.4 is 10.6 Å². The van der Waals surface area contributed by atoms with Crippen LogP contribution in [-0.4, -0.2) is 41.0 Å². The maximum Gasteiger partial charge on any atom is 0.408 e. The highest BCUT2D eigenvalue weighted by Crippen LogP contribution is 2.35. The summed E-state index contributed by atoms with van der Waals surface area (Å²) in [7, 11) is -3.83. The van der Waals surface area contributed by atoms with Gasteiger partial charge in [-0.25, -0.2) is 22.2 Å². The molecule has 0 spiro atoms. The van der Waals surface area contributed by atoms with Crippen LogP contribution in [0.15, 0.2) is 71.9 Å². The maximum atomic E-state index is 13.3. The van der Waals surface area contributed by atoms with Crippen molar-refractivity contribution in [2.24, 2.45) is 5.92 Å². The monoisotopic (exact) mass is 590 g/mol. The van der Waals surface area contributed by atoms with Crippen molar-refractivity contribution >= 4 is 38.7 Å². The van der Waals surface area contributed by atoms with E-state index in [0.29, 0.717) is 23.1 Å². The van der Waals surface area contributed by atoms with Gasteiger partial charge in [-0.15, -0.1) is 0 Å². The Bertz CT molecular complexity index is 1700. The van der Waals surface area contributed by atoms with E-state index in [2.05, 4.69) is 15.6 Å². The summed E-state index contributed by atoms with van der Waals surface area (Å²) in [5.41, 5.74) is 3.76. The molecule has 0 saturated heterocycles. The first-order chi connectivity index (χ1) is 19.7. The molecule has 222 valence electrons. The molecule has 2 aromatic carbocycles. The lowest BCUT2D eigenvalue weighted by atomic mass is 9.93. The van der Waals surface area contributed by atoms with Crippen molar-refractivity contribution in [3.63, 3.8) is 0 Å². The molecule has 0 bridgehead atoms. The molecule has 0 aliphatic heterocycles. The number of aromatic nitrogens is 2. The number of pyridine rings is 1. The molecule has 4 rings (SSSR count). The highest BCUT2D eigenvalue weighted by atomic mass is 32.2. The zero-order valence-corrected chi connectivity index (χ0v) is 25.9. The number of rotatable bonds is 8.